The molecule has 84 valence electrons. The molecule has 0 saturated heterocycles. The Balaban J connectivity index is 2.42. The Bertz CT molecular complexity index is 330. The standard InChI is InChI=1S/C12H18O3/c1-8-7-9(13)3-4-10-11(2,14)5-6-12(8,10)15/h7,10,14-15H,3-6H2,1-2H3/t10?,11-,12+/m0/s1. The van der Waals surface area contributed by atoms with Crippen LogP contribution >= 0.6 is 0 Å². The minimum absolute atomic E-state index is 0.0612. The molecule has 3 atom stereocenters. The molecule has 0 heterocycles. The smallest absolute Gasteiger partial charge is 0.155 e. The van der Waals surface area contributed by atoms with E-state index in [1.807, 2.05) is 0 Å². The molecule has 2 rings (SSSR count). The number of hydrogen-bond donors (Lipinski definition) is 2. The molecule has 0 aromatic rings. The first-order valence-corrected chi connectivity index (χ1v) is 5.52. The Labute approximate surface area is 89.8 Å². The molecular weight excluding hydrogens is 192 g/mol. The molecule has 0 aromatic carbocycles. The van der Waals surface area contributed by atoms with E-state index in [-0.39, 0.29) is 11.7 Å². The van der Waals surface area contributed by atoms with Crippen LogP contribution in [0.3, 0.4) is 0 Å². The number of aliphatic hydroxyl groups is 2. The Morgan fingerprint density at radius 2 is 2.07 bits per heavy atom. The van der Waals surface area contributed by atoms with Gasteiger partial charge in [-0.25, -0.2) is 0 Å². The van der Waals surface area contributed by atoms with Crippen molar-refractivity contribution in [2.45, 2.75) is 50.7 Å². The number of carbonyl (C=O) groups is 1. The van der Waals surface area contributed by atoms with Crippen LogP contribution in [0.5, 0.6) is 0 Å². The van der Waals surface area contributed by atoms with Crippen molar-refractivity contribution in [1.29, 1.82) is 0 Å². The average Bonchev–Trinajstić information content (AvgIpc) is 2.29. The predicted octanol–water partition coefficient (Wildman–Crippen LogP) is 1.19. The molecule has 0 amide bonds. The van der Waals surface area contributed by atoms with Crippen LogP contribution in [0.1, 0.15) is 39.5 Å². The third-order valence-electron chi connectivity index (χ3n) is 4.08. The molecule has 0 spiro atoms. The van der Waals surface area contributed by atoms with Gasteiger partial charge in [-0.1, -0.05) is 0 Å². The number of fused-ring (bicyclic) bond motifs is 1. The van der Waals surface area contributed by atoms with Crippen LogP contribution in [-0.4, -0.2) is 27.2 Å². The molecule has 0 radical (unpaired) electrons. The summed E-state index contributed by atoms with van der Waals surface area (Å²) in [7, 11) is 0. The number of allylic oxidation sites excluding steroid dienone is 1. The van der Waals surface area contributed by atoms with Crippen LogP contribution in [0.15, 0.2) is 11.6 Å². The molecule has 3 heteroatoms. The minimum Gasteiger partial charge on any atom is -0.390 e. The highest BCUT2D eigenvalue weighted by molar-refractivity contribution is 5.91. The number of rotatable bonds is 0. The summed E-state index contributed by atoms with van der Waals surface area (Å²) >= 11 is 0. The van der Waals surface area contributed by atoms with Gasteiger partial charge in [0.25, 0.3) is 0 Å². The van der Waals surface area contributed by atoms with Gasteiger partial charge in [-0.15, -0.1) is 0 Å². The lowest BCUT2D eigenvalue weighted by Gasteiger charge is -2.35. The zero-order valence-corrected chi connectivity index (χ0v) is 9.29. The van der Waals surface area contributed by atoms with Gasteiger partial charge in [0.1, 0.15) is 0 Å². The first-order valence-electron chi connectivity index (χ1n) is 5.52. The van der Waals surface area contributed by atoms with E-state index in [9.17, 15) is 15.0 Å². The molecule has 0 bridgehead atoms. The number of hydrogen-bond acceptors (Lipinski definition) is 3. The van der Waals surface area contributed by atoms with E-state index in [1.54, 1.807) is 19.9 Å². The summed E-state index contributed by atoms with van der Waals surface area (Å²) in [6, 6.07) is 0. The second-order valence-corrected chi connectivity index (χ2v) is 5.17. The summed E-state index contributed by atoms with van der Waals surface area (Å²) < 4.78 is 0. The molecule has 15 heavy (non-hydrogen) atoms. The molecule has 0 aliphatic heterocycles. The van der Waals surface area contributed by atoms with E-state index >= 15 is 0 Å². The zero-order chi connectivity index (χ0) is 11.3. The third-order valence-corrected chi connectivity index (χ3v) is 4.08. The maximum Gasteiger partial charge on any atom is 0.155 e. The van der Waals surface area contributed by atoms with Crippen molar-refractivity contribution in [2.24, 2.45) is 5.92 Å². The van der Waals surface area contributed by atoms with Crippen molar-refractivity contribution in [3.63, 3.8) is 0 Å². The normalized spacial score (nSPS) is 46.0. The second-order valence-electron chi connectivity index (χ2n) is 5.17. The first kappa shape index (κ1) is 10.8. The summed E-state index contributed by atoms with van der Waals surface area (Å²) in [6.45, 7) is 3.55. The molecule has 0 aromatic heterocycles. The van der Waals surface area contributed by atoms with Gasteiger partial charge < -0.3 is 10.2 Å². The number of ketones is 1. The molecule has 2 aliphatic carbocycles. The summed E-state index contributed by atoms with van der Waals surface area (Å²) in [5, 5.41) is 20.7. The van der Waals surface area contributed by atoms with Crippen molar-refractivity contribution in [3.05, 3.63) is 11.6 Å². The van der Waals surface area contributed by atoms with E-state index in [0.29, 0.717) is 31.3 Å². The highest BCUT2D eigenvalue weighted by Gasteiger charge is 2.54. The quantitative estimate of drug-likeness (QED) is 0.631. The summed E-state index contributed by atoms with van der Waals surface area (Å²) in [5.74, 6) is -0.140. The molecule has 2 N–H and O–H groups in total. The highest BCUT2D eigenvalue weighted by Crippen LogP contribution is 2.50. The molecular formula is C12H18O3. The lowest BCUT2D eigenvalue weighted by Crippen LogP contribution is -2.42. The Morgan fingerprint density at radius 1 is 1.40 bits per heavy atom. The van der Waals surface area contributed by atoms with Crippen LogP contribution in [-0.2, 0) is 4.79 Å². The van der Waals surface area contributed by atoms with E-state index in [1.165, 1.54) is 0 Å². The fourth-order valence-corrected chi connectivity index (χ4v) is 3.05. The molecule has 1 unspecified atom stereocenters. The fraction of sp³-hybridized carbons (Fsp3) is 0.750. The predicted molar refractivity (Wildman–Crippen MR) is 56.3 cm³/mol. The van der Waals surface area contributed by atoms with Crippen molar-refractivity contribution in [2.75, 3.05) is 0 Å². The summed E-state index contributed by atoms with van der Waals surface area (Å²) in [4.78, 5) is 11.4. The Hall–Kier alpha value is -0.670. The van der Waals surface area contributed by atoms with Gasteiger partial charge in [-0.05, 0) is 44.8 Å². The van der Waals surface area contributed by atoms with Gasteiger partial charge in [0.05, 0.1) is 11.2 Å². The van der Waals surface area contributed by atoms with E-state index in [2.05, 4.69) is 0 Å². The lowest BCUT2D eigenvalue weighted by molar-refractivity contribution is -0.115. The van der Waals surface area contributed by atoms with Gasteiger partial charge in [0.2, 0.25) is 0 Å². The van der Waals surface area contributed by atoms with E-state index in [0.717, 1.165) is 0 Å². The van der Waals surface area contributed by atoms with Crippen LogP contribution in [0.2, 0.25) is 0 Å². The van der Waals surface area contributed by atoms with Crippen molar-refractivity contribution in [1.82, 2.24) is 0 Å². The Morgan fingerprint density at radius 3 is 2.73 bits per heavy atom. The maximum absolute atomic E-state index is 11.4. The van der Waals surface area contributed by atoms with Gasteiger partial charge in [-0.3, -0.25) is 4.79 Å². The van der Waals surface area contributed by atoms with Gasteiger partial charge in [0.15, 0.2) is 5.78 Å². The second kappa shape index (κ2) is 3.16. The SMILES string of the molecule is CC1=CC(=O)CCC2[C@@](C)(O)CC[C@@]12O. The van der Waals surface area contributed by atoms with E-state index < -0.39 is 11.2 Å². The lowest BCUT2D eigenvalue weighted by atomic mass is 9.78. The van der Waals surface area contributed by atoms with Gasteiger partial charge in [0, 0.05) is 12.3 Å². The summed E-state index contributed by atoms with van der Waals surface area (Å²) in [6.07, 6.45) is 3.71. The Kier molecular flexibility index (Phi) is 2.28. The molecule has 1 fully saturated rings. The van der Waals surface area contributed by atoms with Gasteiger partial charge in [-0.2, -0.15) is 0 Å². The van der Waals surface area contributed by atoms with Crippen LogP contribution in [0.25, 0.3) is 0 Å². The molecule has 1 saturated carbocycles. The van der Waals surface area contributed by atoms with Crippen molar-refractivity contribution in [3.8, 4) is 0 Å². The van der Waals surface area contributed by atoms with E-state index in [4.69, 9.17) is 0 Å². The third kappa shape index (κ3) is 1.54. The maximum atomic E-state index is 11.4. The van der Waals surface area contributed by atoms with Crippen LogP contribution in [0.4, 0.5) is 0 Å². The molecule has 2 aliphatic rings. The minimum atomic E-state index is -0.963. The fourth-order valence-electron chi connectivity index (χ4n) is 3.05. The topological polar surface area (TPSA) is 57.5 Å². The van der Waals surface area contributed by atoms with Crippen molar-refractivity contribution < 1.29 is 15.0 Å². The van der Waals surface area contributed by atoms with Crippen LogP contribution < -0.4 is 0 Å². The van der Waals surface area contributed by atoms with Gasteiger partial charge >= 0.3 is 0 Å². The largest absolute Gasteiger partial charge is 0.390 e. The highest BCUT2D eigenvalue weighted by atomic mass is 16.3. The number of carbonyl (C=O) groups excluding carboxylic acids is 1. The van der Waals surface area contributed by atoms with Crippen LogP contribution in [0, 0.1) is 5.92 Å². The zero-order valence-electron chi connectivity index (χ0n) is 9.29. The monoisotopic (exact) mass is 210 g/mol. The van der Waals surface area contributed by atoms with Crippen molar-refractivity contribution >= 4 is 5.78 Å². The summed E-state index contributed by atoms with van der Waals surface area (Å²) in [5.41, 5.74) is -1.09. The molecule has 3 nitrogen and oxygen atoms in total. The first-order chi connectivity index (χ1) is 6.86. The average molecular weight is 210 g/mol.